The van der Waals surface area contributed by atoms with Crippen LogP contribution < -0.4 is 16.0 Å². The number of alkyl halides is 3. The topological polar surface area (TPSA) is 113 Å². The van der Waals surface area contributed by atoms with E-state index in [2.05, 4.69) is 16.0 Å². The van der Waals surface area contributed by atoms with Gasteiger partial charge in [0.2, 0.25) is 0 Å². The number of benzene rings is 2. The molecule has 0 fully saturated rings. The van der Waals surface area contributed by atoms with Crippen molar-refractivity contribution in [1.29, 1.82) is 0 Å². The number of amides is 3. The molecule has 31 heavy (non-hydrogen) atoms. The maximum absolute atomic E-state index is 12.9. The number of nitro groups is 1. The number of urea groups is 1. The normalized spacial score (nSPS) is 16.4. The van der Waals surface area contributed by atoms with Crippen molar-refractivity contribution in [3.05, 3.63) is 80.0 Å². The van der Waals surface area contributed by atoms with Gasteiger partial charge in [-0.05, 0) is 36.8 Å². The third kappa shape index (κ3) is 4.77. The summed E-state index contributed by atoms with van der Waals surface area (Å²) < 4.78 is 38.8. The van der Waals surface area contributed by atoms with Gasteiger partial charge in [-0.1, -0.05) is 23.7 Å². The quantitative estimate of drug-likeness (QED) is 0.465. The Morgan fingerprint density at radius 3 is 2.58 bits per heavy atom. The van der Waals surface area contributed by atoms with Crippen LogP contribution in [0.1, 0.15) is 24.1 Å². The molecule has 12 heteroatoms. The molecule has 1 atom stereocenters. The maximum atomic E-state index is 12.9. The van der Waals surface area contributed by atoms with E-state index in [0.29, 0.717) is 0 Å². The Balaban J connectivity index is 1.98. The summed E-state index contributed by atoms with van der Waals surface area (Å²) in [5.74, 6) is -0.799. The zero-order chi connectivity index (χ0) is 22.9. The van der Waals surface area contributed by atoms with Crippen molar-refractivity contribution in [3.8, 4) is 0 Å². The Morgan fingerprint density at radius 2 is 1.94 bits per heavy atom. The summed E-state index contributed by atoms with van der Waals surface area (Å²) >= 11 is 5.82. The Kier molecular flexibility index (Phi) is 5.89. The number of carbonyl (C=O) groups is 2. The smallest absolute Gasteiger partial charge is 0.327 e. The van der Waals surface area contributed by atoms with Crippen molar-refractivity contribution in [2.45, 2.75) is 19.1 Å². The number of carbonyl (C=O) groups excluding carboxylic acids is 2. The number of nitrogens with one attached hydrogen (secondary N) is 3. The first kappa shape index (κ1) is 22.1. The lowest BCUT2D eigenvalue weighted by Gasteiger charge is -2.28. The first-order valence-corrected chi connectivity index (χ1v) is 9.06. The summed E-state index contributed by atoms with van der Waals surface area (Å²) in [6.45, 7) is 1.43. The van der Waals surface area contributed by atoms with Crippen LogP contribution in [-0.2, 0) is 11.0 Å². The highest BCUT2D eigenvalue weighted by Gasteiger charge is 2.33. The van der Waals surface area contributed by atoms with Crippen molar-refractivity contribution in [3.63, 3.8) is 0 Å². The zero-order valence-electron chi connectivity index (χ0n) is 15.7. The van der Waals surface area contributed by atoms with Gasteiger partial charge in [-0.15, -0.1) is 0 Å². The van der Waals surface area contributed by atoms with E-state index in [1.165, 1.54) is 25.1 Å². The third-order valence-electron chi connectivity index (χ3n) is 4.46. The lowest BCUT2D eigenvalue weighted by molar-refractivity contribution is -0.384. The number of rotatable bonds is 4. The van der Waals surface area contributed by atoms with Crippen molar-refractivity contribution < 1.29 is 27.7 Å². The van der Waals surface area contributed by atoms with E-state index in [1.54, 1.807) is 0 Å². The van der Waals surface area contributed by atoms with E-state index >= 15 is 0 Å². The molecule has 0 aromatic heterocycles. The van der Waals surface area contributed by atoms with Crippen LogP contribution in [-0.4, -0.2) is 16.9 Å². The first-order valence-electron chi connectivity index (χ1n) is 8.68. The average molecular weight is 455 g/mol. The van der Waals surface area contributed by atoms with Crippen molar-refractivity contribution in [2.75, 3.05) is 5.32 Å². The molecule has 2 aromatic rings. The van der Waals surface area contributed by atoms with Crippen LogP contribution >= 0.6 is 11.6 Å². The molecule has 0 radical (unpaired) electrons. The number of hydrogen-bond acceptors (Lipinski definition) is 4. The fraction of sp³-hybridized carbons (Fsp3) is 0.158. The molecular weight excluding hydrogens is 441 g/mol. The molecule has 0 aliphatic carbocycles. The second-order valence-electron chi connectivity index (χ2n) is 6.57. The van der Waals surface area contributed by atoms with Crippen LogP contribution in [0, 0.1) is 10.1 Å². The number of hydrogen-bond donors (Lipinski definition) is 3. The monoisotopic (exact) mass is 454 g/mol. The third-order valence-corrected chi connectivity index (χ3v) is 4.78. The lowest BCUT2D eigenvalue weighted by Crippen LogP contribution is -2.46. The van der Waals surface area contributed by atoms with Crippen LogP contribution in [0.25, 0.3) is 0 Å². The second kappa shape index (κ2) is 8.26. The van der Waals surface area contributed by atoms with Gasteiger partial charge >= 0.3 is 12.2 Å². The Labute approximate surface area is 178 Å². The van der Waals surface area contributed by atoms with Gasteiger partial charge < -0.3 is 16.0 Å². The van der Waals surface area contributed by atoms with Gasteiger partial charge in [0.1, 0.15) is 5.02 Å². The minimum atomic E-state index is -4.60. The number of anilines is 1. The number of nitro benzene ring substituents is 1. The summed E-state index contributed by atoms with van der Waals surface area (Å²) in [6.07, 6.45) is -4.60. The Morgan fingerprint density at radius 1 is 1.23 bits per heavy atom. The molecular formula is C19H14ClF3N4O4. The molecule has 0 saturated heterocycles. The summed E-state index contributed by atoms with van der Waals surface area (Å²) in [4.78, 5) is 35.3. The Bertz CT molecular complexity index is 1120. The molecule has 162 valence electrons. The molecule has 3 rings (SSSR count). The number of nitrogens with zero attached hydrogens (tertiary/aromatic N) is 1. The van der Waals surface area contributed by atoms with Crippen molar-refractivity contribution in [1.82, 2.24) is 10.6 Å². The van der Waals surface area contributed by atoms with Crippen LogP contribution in [0.15, 0.2) is 53.7 Å². The van der Waals surface area contributed by atoms with Crippen molar-refractivity contribution in [2.24, 2.45) is 0 Å². The van der Waals surface area contributed by atoms with Gasteiger partial charge in [0.25, 0.3) is 11.6 Å². The summed E-state index contributed by atoms with van der Waals surface area (Å²) in [6, 6.07) is 6.05. The SMILES string of the molecule is CC1=C(C(=O)Nc2cccc(C(F)(F)F)c2)[C@H](c2ccc(Cl)c([N+](=O)[O-])c2)NC(=O)N1. The minimum Gasteiger partial charge on any atom is -0.327 e. The molecule has 0 bridgehead atoms. The summed E-state index contributed by atoms with van der Waals surface area (Å²) in [5.41, 5.74) is -1.19. The number of allylic oxidation sites excluding steroid dienone is 1. The van der Waals surface area contributed by atoms with Crippen molar-refractivity contribution >= 4 is 34.9 Å². The van der Waals surface area contributed by atoms with Crippen LogP contribution in [0.4, 0.5) is 29.3 Å². The lowest BCUT2D eigenvalue weighted by atomic mass is 9.94. The maximum Gasteiger partial charge on any atom is 0.416 e. The first-order chi connectivity index (χ1) is 14.5. The van der Waals surface area contributed by atoms with E-state index in [4.69, 9.17) is 11.6 Å². The highest BCUT2D eigenvalue weighted by Crippen LogP contribution is 2.34. The van der Waals surface area contributed by atoms with E-state index in [-0.39, 0.29) is 27.5 Å². The zero-order valence-corrected chi connectivity index (χ0v) is 16.5. The van der Waals surface area contributed by atoms with Gasteiger partial charge in [-0.3, -0.25) is 14.9 Å². The highest BCUT2D eigenvalue weighted by molar-refractivity contribution is 6.32. The average Bonchev–Trinajstić information content (AvgIpc) is 2.67. The standard InChI is InChI=1S/C19H14ClF3N4O4/c1-9-15(17(28)25-12-4-2-3-11(8-12)19(21,22)23)16(26-18(29)24-9)10-5-6-13(20)14(7-10)27(30)31/h2-8,16H,1H3,(H,25,28)(H2,24,26,29)/t16-/m0/s1. The minimum absolute atomic E-state index is 0.0337. The highest BCUT2D eigenvalue weighted by atomic mass is 35.5. The molecule has 0 unspecified atom stereocenters. The summed E-state index contributed by atoms with van der Waals surface area (Å²) in [7, 11) is 0. The van der Waals surface area contributed by atoms with E-state index in [9.17, 15) is 32.9 Å². The molecule has 0 saturated carbocycles. The van der Waals surface area contributed by atoms with E-state index in [1.807, 2.05) is 0 Å². The fourth-order valence-electron chi connectivity index (χ4n) is 3.07. The molecule has 1 aliphatic heterocycles. The molecule has 1 heterocycles. The van der Waals surface area contributed by atoms with E-state index in [0.717, 1.165) is 24.3 Å². The van der Waals surface area contributed by atoms with Gasteiger partial charge in [0.15, 0.2) is 0 Å². The molecule has 3 amide bonds. The van der Waals surface area contributed by atoms with Gasteiger partial charge in [-0.25, -0.2) is 4.79 Å². The predicted molar refractivity (Wildman–Crippen MR) is 105 cm³/mol. The predicted octanol–water partition coefficient (Wildman–Crippen LogP) is 4.53. The van der Waals surface area contributed by atoms with Gasteiger partial charge in [-0.2, -0.15) is 13.2 Å². The van der Waals surface area contributed by atoms with E-state index < -0.39 is 40.3 Å². The molecule has 3 N–H and O–H groups in total. The second-order valence-corrected chi connectivity index (χ2v) is 6.98. The van der Waals surface area contributed by atoms with Crippen LogP contribution in [0.2, 0.25) is 5.02 Å². The fourth-order valence-corrected chi connectivity index (χ4v) is 3.25. The van der Waals surface area contributed by atoms with Gasteiger partial charge in [0, 0.05) is 17.5 Å². The summed E-state index contributed by atoms with van der Waals surface area (Å²) in [5, 5.41) is 18.3. The van der Waals surface area contributed by atoms with Crippen LogP contribution in [0.3, 0.4) is 0 Å². The molecule has 2 aromatic carbocycles. The molecule has 1 aliphatic rings. The molecule has 8 nitrogen and oxygen atoms in total. The van der Waals surface area contributed by atoms with Gasteiger partial charge in [0.05, 0.1) is 22.1 Å². The largest absolute Gasteiger partial charge is 0.416 e. The van der Waals surface area contributed by atoms with Crippen LogP contribution in [0.5, 0.6) is 0 Å². The number of halogens is 4. The molecule has 0 spiro atoms. The Hall–Kier alpha value is -3.60.